The van der Waals surface area contributed by atoms with Crippen LogP contribution in [0.15, 0.2) is 75.9 Å². The molecule has 130 valence electrons. The summed E-state index contributed by atoms with van der Waals surface area (Å²) in [4.78, 5) is 17.5. The van der Waals surface area contributed by atoms with E-state index in [2.05, 4.69) is 17.0 Å². The normalized spacial score (nSPS) is 18.7. The average Bonchev–Trinajstić information content (AvgIpc) is 3.17. The lowest BCUT2D eigenvalue weighted by Crippen LogP contribution is -2.52. The van der Waals surface area contributed by atoms with E-state index in [4.69, 9.17) is 9.41 Å². The van der Waals surface area contributed by atoms with Crippen LogP contribution in [-0.4, -0.2) is 28.0 Å². The number of hydrogen-bond donors (Lipinski definition) is 1. The van der Waals surface area contributed by atoms with Gasteiger partial charge in [-0.1, -0.05) is 36.0 Å². The highest BCUT2D eigenvalue weighted by Crippen LogP contribution is 2.21. The molecule has 2 aromatic rings. The molecule has 3 heterocycles. The van der Waals surface area contributed by atoms with Crippen molar-refractivity contribution >= 4 is 34.6 Å². The highest BCUT2D eigenvalue weighted by atomic mass is 32.2. The molecule has 1 atom stereocenters. The van der Waals surface area contributed by atoms with E-state index in [1.807, 2.05) is 48.6 Å². The molecule has 1 aromatic heterocycles. The molecule has 6 nitrogen and oxygen atoms in total. The molecule has 0 radical (unpaired) electrons. The van der Waals surface area contributed by atoms with E-state index in [1.165, 1.54) is 11.8 Å². The van der Waals surface area contributed by atoms with E-state index in [-0.39, 0.29) is 5.91 Å². The highest BCUT2D eigenvalue weighted by molar-refractivity contribution is 8.14. The van der Waals surface area contributed by atoms with Crippen LogP contribution in [0.5, 0.6) is 0 Å². The van der Waals surface area contributed by atoms with Gasteiger partial charge < -0.3 is 4.42 Å². The van der Waals surface area contributed by atoms with E-state index >= 15 is 0 Å². The molecule has 0 fully saturated rings. The van der Waals surface area contributed by atoms with Gasteiger partial charge in [-0.3, -0.25) is 15.1 Å². The van der Waals surface area contributed by atoms with Gasteiger partial charge in [0.15, 0.2) is 11.3 Å². The summed E-state index contributed by atoms with van der Waals surface area (Å²) in [6.07, 6.45) is 6.64. The Hall–Kier alpha value is -3.06. The summed E-state index contributed by atoms with van der Waals surface area (Å²) >= 11 is 1.42. The van der Waals surface area contributed by atoms with E-state index in [1.54, 1.807) is 17.3 Å². The largest absolute Gasteiger partial charge is 0.465 e. The predicted molar refractivity (Wildman–Crippen MR) is 102 cm³/mol. The van der Waals surface area contributed by atoms with E-state index in [0.717, 1.165) is 10.6 Å². The van der Waals surface area contributed by atoms with Crippen molar-refractivity contribution < 1.29 is 9.21 Å². The van der Waals surface area contributed by atoms with Crippen LogP contribution < -0.4 is 15.9 Å². The average molecular weight is 364 g/mol. The van der Waals surface area contributed by atoms with Gasteiger partial charge in [-0.05, 0) is 30.4 Å². The van der Waals surface area contributed by atoms with Crippen LogP contribution in [0.4, 0.5) is 0 Å². The van der Waals surface area contributed by atoms with Crippen LogP contribution in [0.2, 0.25) is 0 Å². The molecule has 0 unspecified atom stereocenters. The fraction of sp³-hybridized carbons (Fsp3) is 0.105. The summed E-state index contributed by atoms with van der Waals surface area (Å²) in [6, 6.07) is 11.2. The Labute approximate surface area is 154 Å². The quantitative estimate of drug-likeness (QED) is 0.838. The van der Waals surface area contributed by atoms with Crippen molar-refractivity contribution in [1.82, 2.24) is 10.3 Å². The second kappa shape index (κ2) is 7.05. The molecule has 1 N–H and O–H groups in total. The molecule has 1 amide bonds. The van der Waals surface area contributed by atoms with Gasteiger partial charge in [0.2, 0.25) is 0 Å². The van der Waals surface area contributed by atoms with E-state index in [0.29, 0.717) is 22.4 Å². The molecule has 0 aliphatic carbocycles. The number of fused-ring (bicyclic) bond motifs is 2. The Morgan fingerprint density at radius 1 is 1.31 bits per heavy atom. The molecular weight excluding hydrogens is 348 g/mol. The number of benzene rings is 1. The number of rotatable bonds is 4. The summed E-state index contributed by atoms with van der Waals surface area (Å²) in [5.74, 6) is 1.18. The van der Waals surface area contributed by atoms with Crippen LogP contribution >= 0.6 is 11.8 Å². The minimum atomic E-state index is -0.435. The molecule has 0 spiro atoms. The SMILES string of the molecule is C=CCSC1=NN2C(=c3ccccc3=N[C@@H]2/C=C/c2ccco2)C(=O)N1. The van der Waals surface area contributed by atoms with Crippen molar-refractivity contribution in [2.24, 2.45) is 10.1 Å². The maximum Gasteiger partial charge on any atom is 0.276 e. The van der Waals surface area contributed by atoms with E-state index in [9.17, 15) is 4.79 Å². The summed E-state index contributed by atoms with van der Waals surface area (Å²) < 4.78 is 5.34. The van der Waals surface area contributed by atoms with Crippen molar-refractivity contribution in [3.63, 3.8) is 0 Å². The third kappa shape index (κ3) is 3.09. The Balaban J connectivity index is 1.81. The van der Waals surface area contributed by atoms with Crippen molar-refractivity contribution in [2.45, 2.75) is 6.17 Å². The lowest BCUT2D eigenvalue weighted by atomic mass is 10.1. The van der Waals surface area contributed by atoms with Crippen molar-refractivity contribution in [2.75, 3.05) is 5.75 Å². The number of hydrogen-bond acceptors (Lipinski definition) is 6. The van der Waals surface area contributed by atoms with Crippen LogP contribution in [-0.2, 0) is 4.79 Å². The fourth-order valence-corrected chi connectivity index (χ4v) is 3.33. The first kappa shape index (κ1) is 16.4. The zero-order valence-electron chi connectivity index (χ0n) is 13.8. The maximum absolute atomic E-state index is 12.7. The third-order valence-corrected chi connectivity index (χ3v) is 4.72. The van der Waals surface area contributed by atoms with Gasteiger partial charge >= 0.3 is 0 Å². The molecule has 0 saturated carbocycles. The number of carbonyl (C=O) groups excluding carboxylic acids is 1. The Bertz CT molecular complexity index is 1020. The van der Waals surface area contributed by atoms with Gasteiger partial charge in [0, 0.05) is 11.0 Å². The predicted octanol–water partition coefficient (Wildman–Crippen LogP) is 1.68. The van der Waals surface area contributed by atoms with E-state index < -0.39 is 6.17 Å². The van der Waals surface area contributed by atoms with Gasteiger partial charge in [0.1, 0.15) is 11.5 Å². The number of nitrogens with zero attached hydrogens (tertiary/aromatic N) is 3. The standard InChI is InChI=1S/C19H16N4O2S/c1-2-12-26-19-21-18(24)17-14-7-3-4-8-15(14)20-16(23(17)22-19)10-9-13-6-5-11-25-13/h2-11,16H,1,12H2,(H,21,22,24)/b10-9+/t16-/m0/s1. The van der Waals surface area contributed by atoms with Crippen molar-refractivity contribution in [3.8, 4) is 0 Å². The lowest BCUT2D eigenvalue weighted by Gasteiger charge is -2.32. The molecule has 26 heavy (non-hydrogen) atoms. The first-order valence-electron chi connectivity index (χ1n) is 8.08. The van der Waals surface area contributed by atoms with Gasteiger partial charge in [-0.15, -0.1) is 11.7 Å². The summed E-state index contributed by atoms with van der Waals surface area (Å²) in [6.45, 7) is 3.70. The zero-order chi connectivity index (χ0) is 17.9. The number of thioether (sulfide) groups is 1. The van der Waals surface area contributed by atoms with Gasteiger partial charge in [0.25, 0.3) is 5.91 Å². The third-order valence-electron chi connectivity index (χ3n) is 3.86. The first-order valence-corrected chi connectivity index (χ1v) is 9.06. The van der Waals surface area contributed by atoms with Crippen molar-refractivity contribution in [3.05, 3.63) is 77.7 Å². The molecule has 0 bridgehead atoms. The maximum atomic E-state index is 12.7. The van der Waals surface area contributed by atoms with Gasteiger partial charge in [0.05, 0.1) is 11.6 Å². The smallest absolute Gasteiger partial charge is 0.276 e. The summed E-state index contributed by atoms with van der Waals surface area (Å²) in [5.41, 5.74) is 0.493. The number of furan rings is 1. The zero-order valence-corrected chi connectivity index (χ0v) is 14.6. The topological polar surface area (TPSA) is 70.2 Å². The van der Waals surface area contributed by atoms with Gasteiger partial charge in [-0.25, -0.2) is 5.01 Å². The minimum Gasteiger partial charge on any atom is -0.465 e. The van der Waals surface area contributed by atoms with Crippen LogP contribution in [0.1, 0.15) is 5.76 Å². The minimum absolute atomic E-state index is 0.190. The Morgan fingerprint density at radius 3 is 3.00 bits per heavy atom. The summed E-state index contributed by atoms with van der Waals surface area (Å²) in [5, 5.41) is 11.2. The molecule has 7 heteroatoms. The molecular formula is C19H16N4O2S. The number of amides is 1. The number of amidine groups is 1. The molecule has 1 aromatic carbocycles. The van der Waals surface area contributed by atoms with Crippen LogP contribution in [0.3, 0.4) is 0 Å². The second-order valence-electron chi connectivity index (χ2n) is 5.59. The molecule has 2 aliphatic heterocycles. The highest BCUT2D eigenvalue weighted by Gasteiger charge is 2.32. The number of hydrazone groups is 1. The monoisotopic (exact) mass is 364 g/mol. The molecule has 0 saturated heterocycles. The van der Waals surface area contributed by atoms with Crippen molar-refractivity contribution in [1.29, 1.82) is 0 Å². The van der Waals surface area contributed by atoms with Crippen LogP contribution in [0.25, 0.3) is 11.8 Å². The van der Waals surface area contributed by atoms with Gasteiger partial charge in [-0.2, -0.15) is 0 Å². The fourth-order valence-electron chi connectivity index (χ4n) is 2.75. The Kier molecular flexibility index (Phi) is 4.45. The first-order chi connectivity index (χ1) is 12.8. The lowest BCUT2D eigenvalue weighted by molar-refractivity contribution is -0.116. The molecule has 2 aliphatic rings. The number of para-hydroxylation sites is 1. The second-order valence-corrected chi connectivity index (χ2v) is 6.60. The number of carbonyl (C=O) groups is 1. The summed E-state index contributed by atoms with van der Waals surface area (Å²) in [7, 11) is 0. The Morgan fingerprint density at radius 2 is 2.19 bits per heavy atom. The number of nitrogens with one attached hydrogen (secondary N) is 1. The van der Waals surface area contributed by atoms with Crippen LogP contribution in [0, 0.1) is 0 Å². The molecule has 4 rings (SSSR count).